The van der Waals surface area contributed by atoms with Crippen LogP contribution in [-0.2, 0) is 14.2 Å². The number of hydrogen-bond donors (Lipinski definition) is 2. The van der Waals surface area contributed by atoms with Gasteiger partial charge in [-0.1, -0.05) is 35.5 Å². The molecule has 146 valence electrons. The number of rotatable bonds is 3. The van der Waals surface area contributed by atoms with Crippen LogP contribution in [0.25, 0.3) is 22.6 Å². The third kappa shape index (κ3) is 2.65. The largest absolute Gasteiger partial charge is 0.394 e. The van der Waals surface area contributed by atoms with Gasteiger partial charge in [-0.05, 0) is 13.8 Å². The molecule has 4 atom stereocenters. The van der Waals surface area contributed by atoms with E-state index in [1.165, 1.54) is 4.68 Å². The Labute approximate surface area is 160 Å². The maximum absolute atomic E-state index is 9.70. The molecule has 5 rings (SSSR count). The van der Waals surface area contributed by atoms with Crippen LogP contribution >= 0.6 is 0 Å². The predicted molar refractivity (Wildman–Crippen MR) is 97.8 cm³/mol. The number of nitrogens with zero attached hydrogens (tertiary/aromatic N) is 5. The van der Waals surface area contributed by atoms with Crippen molar-refractivity contribution in [3.05, 3.63) is 30.3 Å². The van der Waals surface area contributed by atoms with Gasteiger partial charge >= 0.3 is 0 Å². The monoisotopic (exact) mass is 384 g/mol. The van der Waals surface area contributed by atoms with Gasteiger partial charge in [-0.15, -0.1) is 5.10 Å². The first kappa shape index (κ1) is 17.4. The summed E-state index contributed by atoms with van der Waals surface area (Å²) >= 11 is 0. The Morgan fingerprint density at radius 1 is 1.14 bits per heavy atom. The lowest BCUT2D eigenvalue weighted by molar-refractivity contribution is -0.201. The van der Waals surface area contributed by atoms with Gasteiger partial charge in [-0.2, -0.15) is 4.68 Å². The number of aliphatic hydroxyl groups excluding tert-OH is 1. The summed E-state index contributed by atoms with van der Waals surface area (Å²) in [5.74, 6) is -0.0942. The summed E-state index contributed by atoms with van der Waals surface area (Å²) in [5, 5.41) is 18.0. The van der Waals surface area contributed by atoms with E-state index >= 15 is 0 Å². The van der Waals surface area contributed by atoms with E-state index in [1.54, 1.807) is 0 Å². The van der Waals surface area contributed by atoms with Gasteiger partial charge in [0.1, 0.15) is 18.3 Å². The highest BCUT2D eigenvalue weighted by atomic mass is 16.8. The second kappa shape index (κ2) is 6.17. The maximum Gasteiger partial charge on any atom is 0.187 e. The molecule has 2 fully saturated rings. The van der Waals surface area contributed by atoms with Crippen molar-refractivity contribution in [2.45, 2.75) is 44.2 Å². The Morgan fingerprint density at radius 2 is 1.89 bits per heavy atom. The quantitative estimate of drug-likeness (QED) is 0.675. The molecule has 4 heterocycles. The smallest absolute Gasteiger partial charge is 0.187 e. The van der Waals surface area contributed by atoms with E-state index in [0.29, 0.717) is 17.0 Å². The molecular formula is C18H20N6O4. The highest BCUT2D eigenvalue weighted by Gasteiger charge is 2.56. The molecule has 0 saturated carbocycles. The van der Waals surface area contributed by atoms with Gasteiger partial charge in [0.25, 0.3) is 0 Å². The fourth-order valence-electron chi connectivity index (χ4n) is 3.74. The van der Waals surface area contributed by atoms with E-state index in [1.807, 2.05) is 44.2 Å². The average molecular weight is 384 g/mol. The zero-order valence-corrected chi connectivity index (χ0v) is 15.4. The van der Waals surface area contributed by atoms with E-state index in [0.717, 1.165) is 5.56 Å². The molecule has 3 N–H and O–H groups in total. The zero-order chi connectivity index (χ0) is 19.5. The molecule has 10 heteroatoms. The second-order valence-corrected chi connectivity index (χ2v) is 7.32. The first-order valence-electron chi connectivity index (χ1n) is 9.02. The molecule has 0 radical (unpaired) electrons. The Hall–Kier alpha value is -2.66. The normalized spacial score (nSPS) is 28.7. The molecular weight excluding hydrogens is 364 g/mol. The lowest BCUT2D eigenvalue weighted by atomic mass is 10.1. The number of nitrogen functional groups attached to an aromatic ring is 1. The predicted octanol–water partition coefficient (Wildman–Crippen LogP) is 0.880. The van der Waals surface area contributed by atoms with Crippen molar-refractivity contribution in [1.82, 2.24) is 25.0 Å². The summed E-state index contributed by atoms with van der Waals surface area (Å²) in [4.78, 5) is 8.97. The zero-order valence-electron chi connectivity index (χ0n) is 15.4. The number of fused-ring (bicyclic) bond motifs is 2. The van der Waals surface area contributed by atoms with E-state index in [2.05, 4.69) is 20.3 Å². The number of aromatic nitrogens is 5. The number of anilines is 1. The molecule has 2 aliphatic rings. The van der Waals surface area contributed by atoms with Gasteiger partial charge in [-0.3, -0.25) is 0 Å². The highest BCUT2D eigenvalue weighted by molar-refractivity contribution is 5.83. The van der Waals surface area contributed by atoms with Crippen molar-refractivity contribution in [2.24, 2.45) is 0 Å². The second-order valence-electron chi connectivity index (χ2n) is 7.32. The summed E-state index contributed by atoms with van der Waals surface area (Å²) in [6.45, 7) is 3.45. The lowest BCUT2D eigenvalue weighted by Gasteiger charge is -2.23. The molecule has 2 saturated heterocycles. The van der Waals surface area contributed by atoms with E-state index in [4.69, 9.17) is 19.9 Å². The van der Waals surface area contributed by atoms with Crippen LogP contribution in [0.1, 0.15) is 20.1 Å². The number of ether oxygens (including phenoxy) is 3. The number of benzene rings is 1. The Morgan fingerprint density at radius 3 is 2.64 bits per heavy atom. The van der Waals surface area contributed by atoms with Crippen LogP contribution in [0.4, 0.5) is 5.82 Å². The summed E-state index contributed by atoms with van der Waals surface area (Å²) in [5.41, 5.74) is 7.74. The van der Waals surface area contributed by atoms with E-state index in [-0.39, 0.29) is 12.4 Å². The van der Waals surface area contributed by atoms with Crippen LogP contribution in [0.2, 0.25) is 0 Å². The van der Waals surface area contributed by atoms with Crippen molar-refractivity contribution in [3.63, 3.8) is 0 Å². The van der Waals surface area contributed by atoms with Gasteiger partial charge < -0.3 is 25.1 Å². The Balaban J connectivity index is 1.61. The minimum absolute atomic E-state index is 0.198. The van der Waals surface area contributed by atoms with Crippen LogP contribution in [-0.4, -0.2) is 60.8 Å². The van der Waals surface area contributed by atoms with Gasteiger partial charge in [0.2, 0.25) is 0 Å². The van der Waals surface area contributed by atoms with Crippen molar-refractivity contribution >= 4 is 17.0 Å². The molecule has 0 aliphatic carbocycles. The van der Waals surface area contributed by atoms with Crippen LogP contribution in [0.15, 0.2) is 30.3 Å². The van der Waals surface area contributed by atoms with Gasteiger partial charge in [-0.25, -0.2) is 9.97 Å². The molecule has 0 spiro atoms. The Bertz CT molecular complexity index is 1020. The molecule has 10 nitrogen and oxygen atoms in total. The average Bonchev–Trinajstić information content (AvgIpc) is 3.33. The van der Waals surface area contributed by atoms with Crippen molar-refractivity contribution < 1.29 is 19.3 Å². The summed E-state index contributed by atoms with van der Waals surface area (Å²) < 4.78 is 19.4. The third-order valence-electron chi connectivity index (χ3n) is 4.93. The third-order valence-corrected chi connectivity index (χ3v) is 4.93. The van der Waals surface area contributed by atoms with Gasteiger partial charge in [0.05, 0.1) is 6.61 Å². The van der Waals surface area contributed by atoms with Crippen molar-refractivity contribution in [2.75, 3.05) is 12.3 Å². The summed E-state index contributed by atoms with van der Waals surface area (Å²) in [6.07, 6.45) is -2.08. The minimum atomic E-state index is -0.787. The standard InChI is InChI=1S/C18H20N6O4/c1-18(2)27-12-10(8-25)26-17(13(12)28-18)24-16-11(22-23-24)14(19)20-15(21-16)9-6-4-3-5-7-9/h3-7,10,12-13,17,25H,8H2,1-2H3,(H2,19,20,21)/t10-,12-,13-,17-/m1/s1. The fraction of sp³-hybridized carbons (Fsp3) is 0.444. The van der Waals surface area contributed by atoms with Crippen LogP contribution in [0.3, 0.4) is 0 Å². The van der Waals surface area contributed by atoms with Gasteiger partial charge in [0.15, 0.2) is 34.8 Å². The highest BCUT2D eigenvalue weighted by Crippen LogP contribution is 2.43. The lowest BCUT2D eigenvalue weighted by Crippen LogP contribution is -2.31. The maximum atomic E-state index is 9.70. The molecule has 0 amide bonds. The fourth-order valence-corrected chi connectivity index (χ4v) is 3.74. The molecule has 1 aromatic carbocycles. The minimum Gasteiger partial charge on any atom is -0.394 e. The molecule has 0 unspecified atom stereocenters. The molecule has 28 heavy (non-hydrogen) atoms. The topological polar surface area (TPSA) is 130 Å². The molecule has 2 aliphatic heterocycles. The first-order valence-corrected chi connectivity index (χ1v) is 9.02. The van der Waals surface area contributed by atoms with Crippen LogP contribution in [0.5, 0.6) is 0 Å². The number of hydrogen-bond acceptors (Lipinski definition) is 9. The Kier molecular flexibility index (Phi) is 3.85. The number of aliphatic hydroxyl groups is 1. The summed E-state index contributed by atoms with van der Waals surface area (Å²) in [6, 6.07) is 9.51. The van der Waals surface area contributed by atoms with Gasteiger partial charge in [0, 0.05) is 5.56 Å². The molecule has 0 bridgehead atoms. The van der Waals surface area contributed by atoms with Crippen molar-refractivity contribution in [1.29, 1.82) is 0 Å². The number of nitrogens with two attached hydrogens (primary N) is 1. The first-order chi connectivity index (χ1) is 13.5. The molecule has 3 aromatic rings. The van der Waals surface area contributed by atoms with Crippen molar-refractivity contribution in [3.8, 4) is 11.4 Å². The SMILES string of the molecule is CC1(C)O[C@@H]2[C@H](O1)[C@@H](CO)O[C@H]2n1nnc2c(N)nc(-c3ccccc3)nc21. The van der Waals surface area contributed by atoms with E-state index in [9.17, 15) is 5.11 Å². The molecule has 2 aromatic heterocycles. The summed E-state index contributed by atoms with van der Waals surface area (Å²) in [7, 11) is 0. The van der Waals surface area contributed by atoms with Crippen LogP contribution in [0, 0.1) is 0 Å². The van der Waals surface area contributed by atoms with E-state index < -0.39 is 30.3 Å². The van der Waals surface area contributed by atoms with Crippen LogP contribution < -0.4 is 5.73 Å².